The van der Waals surface area contributed by atoms with Gasteiger partial charge in [-0.1, -0.05) is 6.42 Å². The van der Waals surface area contributed by atoms with Crippen molar-refractivity contribution in [1.82, 2.24) is 10.2 Å². The van der Waals surface area contributed by atoms with Gasteiger partial charge in [0.2, 0.25) is 0 Å². The number of likely N-dealkylation sites (tertiary alicyclic amines) is 1. The van der Waals surface area contributed by atoms with Crippen LogP contribution in [0.25, 0.3) is 0 Å². The zero-order valence-corrected chi connectivity index (χ0v) is 10.7. The zero-order chi connectivity index (χ0) is 11.0. The van der Waals surface area contributed by atoms with E-state index in [0.29, 0.717) is 0 Å². The lowest BCUT2D eigenvalue weighted by atomic mass is 9.68. The predicted molar refractivity (Wildman–Crippen MR) is 67.5 cm³/mol. The second-order valence-corrected chi connectivity index (χ2v) is 6.55. The standard InChI is InChI=1S/C14H26N2/c1-12-8-14(5-3-6-14)11-16(12)10-13-4-2-7-15-9-13/h12-13,15H,2-11H2,1H3. The van der Waals surface area contributed by atoms with Crippen molar-refractivity contribution in [3.8, 4) is 0 Å². The summed E-state index contributed by atoms with van der Waals surface area (Å²) in [5, 5.41) is 3.55. The Balaban J connectivity index is 1.54. The van der Waals surface area contributed by atoms with Gasteiger partial charge in [0.15, 0.2) is 0 Å². The van der Waals surface area contributed by atoms with Crippen molar-refractivity contribution in [2.75, 3.05) is 26.2 Å². The first-order chi connectivity index (χ1) is 7.77. The molecule has 0 aromatic heterocycles. The zero-order valence-electron chi connectivity index (χ0n) is 10.7. The van der Waals surface area contributed by atoms with Gasteiger partial charge in [-0.2, -0.15) is 0 Å². The van der Waals surface area contributed by atoms with Crippen LogP contribution in [0.1, 0.15) is 45.4 Å². The minimum absolute atomic E-state index is 0.765. The molecule has 2 aliphatic heterocycles. The molecule has 0 radical (unpaired) electrons. The number of nitrogens with one attached hydrogen (secondary N) is 1. The average molecular weight is 222 g/mol. The maximum atomic E-state index is 3.55. The van der Waals surface area contributed by atoms with Gasteiger partial charge in [0.05, 0.1) is 0 Å². The van der Waals surface area contributed by atoms with Crippen molar-refractivity contribution in [2.24, 2.45) is 11.3 Å². The van der Waals surface area contributed by atoms with E-state index < -0.39 is 0 Å². The van der Waals surface area contributed by atoms with Crippen LogP contribution in [-0.2, 0) is 0 Å². The summed E-state index contributed by atoms with van der Waals surface area (Å²) in [6.07, 6.45) is 8.83. The minimum atomic E-state index is 0.765. The molecule has 2 heterocycles. The molecule has 0 bridgehead atoms. The van der Waals surface area contributed by atoms with E-state index in [2.05, 4.69) is 17.1 Å². The molecule has 2 saturated heterocycles. The second-order valence-electron chi connectivity index (χ2n) is 6.55. The van der Waals surface area contributed by atoms with E-state index in [-0.39, 0.29) is 0 Å². The summed E-state index contributed by atoms with van der Waals surface area (Å²) in [7, 11) is 0. The van der Waals surface area contributed by atoms with Crippen LogP contribution in [0, 0.1) is 11.3 Å². The van der Waals surface area contributed by atoms with Crippen LogP contribution in [0.5, 0.6) is 0 Å². The van der Waals surface area contributed by atoms with E-state index in [9.17, 15) is 0 Å². The van der Waals surface area contributed by atoms with Crippen LogP contribution in [0.2, 0.25) is 0 Å². The molecule has 0 aromatic rings. The molecule has 2 atom stereocenters. The molecule has 3 aliphatic rings. The van der Waals surface area contributed by atoms with E-state index in [1.165, 1.54) is 64.7 Å². The molecular weight excluding hydrogens is 196 g/mol. The Hall–Kier alpha value is -0.0800. The van der Waals surface area contributed by atoms with Crippen LogP contribution < -0.4 is 5.32 Å². The third-order valence-electron chi connectivity index (χ3n) is 5.20. The Morgan fingerprint density at radius 2 is 2.19 bits per heavy atom. The highest BCUT2D eigenvalue weighted by Crippen LogP contribution is 2.50. The topological polar surface area (TPSA) is 15.3 Å². The summed E-state index contributed by atoms with van der Waals surface area (Å²) in [4.78, 5) is 2.79. The van der Waals surface area contributed by atoms with E-state index in [1.807, 2.05) is 0 Å². The predicted octanol–water partition coefficient (Wildman–Crippen LogP) is 2.25. The fourth-order valence-corrected chi connectivity index (χ4v) is 4.10. The maximum absolute atomic E-state index is 3.55. The number of hydrogen-bond donors (Lipinski definition) is 1. The third-order valence-corrected chi connectivity index (χ3v) is 5.20. The lowest BCUT2D eigenvalue weighted by molar-refractivity contribution is 0.129. The normalized spacial score (nSPS) is 38.8. The fraction of sp³-hybridized carbons (Fsp3) is 1.00. The van der Waals surface area contributed by atoms with Crippen LogP contribution in [0.4, 0.5) is 0 Å². The molecule has 0 aromatic carbocycles. The summed E-state index contributed by atoms with van der Waals surface area (Å²) >= 11 is 0. The van der Waals surface area contributed by atoms with Gasteiger partial charge in [0, 0.05) is 19.1 Å². The minimum Gasteiger partial charge on any atom is -0.316 e. The highest BCUT2D eigenvalue weighted by Gasteiger charge is 2.46. The van der Waals surface area contributed by atoms with E-state index in [4.69, 9.17) is 0 Å². The number of hydrogen-bond acceptors (Lipinski definition) is 2. The molecule has 2 unspecified atom stereocenters. The van der Waals surface area contributed by atoms with Crippen LogP contribution in [0.3, 0.4) is 0 Å². The summed E-state index contributed by atoms with van der Waals surface area (Å²) in [6.45, 7) is 7.72. The van der Waals surface area contributed by atoms with E-state index in [1.54, 1.807) is 0 Å². The largest absolute Gasteiger partial charge is 0.316 e. The van der Waals surface area contributed by atoms with Crippen molar-refractivity contribution >= 4 is 0 Å². The van der Waals surface area contributed by atoms with Crippen molar-refractivity contribution in [3.63, 3.8) is 0 Å². The van der Waals surface area contributed by atoms with Gasteiger partial charge in [-0.3, -0.25) is 4.90 Å². The monoisotopic (exact) mass is 222 g/mol. The highest BCUT2D eigenvalue weighted by atomic mass is 15.2. The Bertz CT molecular complexity index is 241. The number of nitrogens with zero attached hydrogens (tertiary/aromatic N) is 1. The van der Waals surface area contributed by atoms with Gasteiger partial charge in [-0.25, -0.2) is 0 Å². The van der Waals surface area contributed by atoms with Gasteiger partial charge >= 0.3 is 0 Å². The molecule has 3 fully saturated rings. The molecule has 2 heteroatoms. The summed E-state index contributed by atoms with van der Waals surface area (Å²) < 4.78 is 0. The van der Waals surface area contributed by atoms with Crippen LogP contribution in [0.15, 0.2) is 0 Å². The van der Waals surface area contributed by atoms with Gasteiger partial charge < -0.3 is 5.32 Å². The van der Waals surface area contributed by atoms with Crippen LogP contribution >= 0.6 is 0 Å². The lowest BCUT2D eigenvalue weighted by Crippen LogP contribution is -2.40. The third kappa shape index (κ3) is 2.02. The molecule has 16 heavy (non-hydrogen) atoms. The van der Waals surface area contributed by atoms with Crippen molar-refractivity contribution in [2.45, 2.75) is 51.5 Å². The van der Waals surface area contributed by atoms with Gasteiger partial charge in [0.25, 0.3) is 0 Å². The molecule has 0 amide bonds. The number of piperidine rings is 1. The van der Waals surface area contributed by atoms with Gasteiger partial charge in [-0.05, 0) is 63.5 Å². The lowest BCUT2D eigenvalue weighted by Gasteiger charge is -2.38. The van der Waals surface area contributed by atoms with Crippen LogP contribution in [-0.4, -0.2) is 37.1 Å². The molecule has 1 aliphatic carbocycles. The molecule has 1 saturated carbocycles. The summed E-state index contributed by atoms with van der Waals surface area (Å²) in [6, 6.07) is 0.849. The van der Waals surface area contributed by atoms with Gasteiger partial charge in [-0.15, -0.1) is 0 Å². The first-order valence-corrected chi connectivity index (χ1v) is 7.22. The molecule has 1 N–H and O–H groups in total. The number of rotatable bonds is 2. The van der Waals surface area contributed by atoms with E-state index in [0.717, 1.165) is 17.4 Å². The van der Waals surface area contributed by atoms with Crippen molar-refractivity contribution < 1.29 is 0 Å². The Kier molecular flexibility index (Phi) is 2.97. The Morgan fingerprint density at radius 3 is 2.75 bits per heavy atom. The molecule has 3 rings (SSSR count). The van der Waals surface area contributed by atoms with Gasteiger partial charge in [0.1, 0.15) is 0 Å². The molecule has 2 nitrogen and oxygen atoms in total. The maximum Gasteiger partial charge on any atom is 0.00730 e. The van der Waals surface area contributed by atoms with Crippen molar-refractivity contribution in [1.29, 1.82) is 0 Å². The average Bonchev–Trinajstić information content (AvgIpc) is 2.58. The molecular formula is C14H26N2. The Morgan fingerprint density at radius 1 is 1.31 bits per heavy atom. The van der Waals surface area contributed by atoms with Crippen molar-refractivity contribution in [3.05, 3.63) is 0 Å². The highest BCUT2D eigenvalue weighted by molar-refractivity contribution is 4.99. The summed E-state index contributed by atoms with van der Waals surface area (Å²) in [5.74, 6) is 0.923. The molecule has 92 valence electrons. The molecule has 1 spiro atoms. The SMILES string of the molecule is CC1CC2(CCC2)CN1CC1CCCNC1. The summed E-state index contributed by atoms with van der Waals surface area (Å²) in [5.41, 5.74) is 0.765. The first-order valence-electron chi connectivity index (χ1n) is 7.22. The first kappa shape index (κ1) is 11.0. The second kappa shape index (κ2) is 4.30. The fourth-order valence-electron chi connectivity index (χ4n) is 4.10. The smallest absolute Gasteiger partial charge is 0.00730 e. The quantitative estimate of drug-likeness (QED) is 0.771. The van der Waals surface area contributed by atoms with E-state index >= 15 is 0 Å². The Labute approximate surface area is 99.8 Å².